The van der Waals surface area contributed by atoms with E-state index in [0.29, 0.717) is 30.6 Å². The lowest BCUT2D eigenvalue weighted by Gasteiger charge is -1.94. The van der Waals surface area contributed by atoms with Gasteiger partial charge in [0.15, 0.2) is 0 Å². The van der Waals surface area contributed by atoms with Gasteiger partial charge < -0.3 is 5.73 Å². The normalized spacial score (nSPS) is 28.1. The molecule has 1 fully saturated rings. The Labute approximate surface area is 67.5 Å². The number of hydrogen-bond acceptors (Lipinski definition) is 2. The minimum Gasteiger partial charge on any atom is -0.330 e. The van der Waals surface area contributed by atoms with E-state index in [4.69, 9.17) is 5.73 Å². The van der Waals surface area contributed by atoms with Crippen LogP contribution in [0.1, 0.15) is 19.3 Å². The Morgan fingerprint density at radius 3 is 2.91 bits per heavy atom. The quantitative estimate of drug-likeness (QED) is 0.601. The molecule has 0 aromatic carbocycles. The lowest BCUT2D eigenvalue weighted by atomic mass is 10.1. The molecule has 1 aliphatic carbocycles. The Hall–Kier alpha value is -0.630. The first-order chi connectivity index (χ1) is 5.29. The zero-order chi connectivity index (χ0) is 8.27. The van der Waals surface area contributed by atoms with Gasteiger partial charge in [0.2, 0.25) is 0 Å². The summed E-state index contributed by atoms with van der Waals surface area (Å²) in [7, 11) is 0. The fourth-order valence-corrected chi connectivity index (χ4v) is 1.33. The van der Waals surface area contributed by atoms with Gasteiger partial charge in [-0.3, -0.25) is 4.79 Å². The van der Waals surface area contributed by atoms with Gasteiger partial charge in [-0.1, -0.05) is 6.08 Å². The molecular weight excluding hydrogens is 138 g/mol. The Bertz CT molecular complexity index is 165. The van der Waals surface area contributed by atoms with E-state index in [9.17, 15) is 4.79 Å². The number of carbonyl (C=O) groups excluding carboxylic acids is 1. The maximum Gasteiger partial charge on any atom is 0.136 e. The number of ketones is 1. The second kappa shape index (κ2) is 3.67. The van der Waals surface area contributed by atoms with E-state index >= 15 is 0 Å². The highest BCUT2D eigenvalue weighted by Crippen LogP contribution is 2.38. The van der Waals surface area contributed by atoms with Crippen LogP contribution in [-0.4, -0.2) is 12.3 Å². The lowest BCUT2D eigenvalue weighted by Crippen LogP contribution is -2.08. The van der Waals surface area contributed by atoms with Crippen molar-refractivity contribution in [3.63, 3.8) is 0 Å². The van der Waals surface area contributed by atoms with E-state index in [2.05, 4.69) is 6.58 Å². The van der Waals surface area contributed by atoms with Gasteiger partial charge >= 0.3 is 0 Å². The predicted octanol–water partition coefficient (Wildman–Crippen LogP) is 1.12. The van der Waals surface area contributed by atoms with Gasteiger partial charge in [-0.15, -0.1) is 6.58 Å². The Balaban J connectivity index is 2.17. The highest BCUT2D eigenvalue weighted by Gasteiger charge is 2.40. The van der Waals surface area contributed by atoms with Crippen LogP contribution in [-0.2, 0) is 4.79 Å². The average molecular weight is 153 g/mol. The first-order valence-corrected chi connectivity index (χ1v) is 4.13. The van der Waals surface area contributed by atoms with Crippen LogP contribution < -0.4 is 5.73 Å². The van der Waals surface area contributed by atoms with Crippen molar-refractivity contribution in [2.45, 2.75) is 19.3 Å². The fraction of sp³-hybridized carbons (Fsp3) is 0.667. The molecule has 0 radical (unpaired) electrons. The fourth-order valence-electron chi connectivity index (χ4n) is 1.33. The molecule has 2 heteroatoms. The molecule has 1 aliphatic rings. The SMILES string of the molecule is C=CCCC(=O)C1CC1CN. The number of allylic oxidation sites excluding steroid dienone is 1. The van der Waals surface area contributed by atoms with Gasteiger partial charge in [-0.05, 0) is 25.3 Å². The molecule has 11 heavy (non-hydrogen) atoms. The van der Waals surface area contributed by atoms with Crippen molar-refractivity contribution in [1.82, 2.24) is 0 Å². The van der Waals surface area contributed by atoms with Crippen LogP contribution in [0.2, 0.25) is 0 Å². The first kappa shape index (κ1) is 8.47. The largest absolute Gasteiger partial charge is 0.330 e. The maximum absolute atomic E-state index is 11.2. The number of nitrogens with two attached hydrogens (primary N) is 1. The monoisotopic (exact) mass is 153 g/mol. The first-order valence-electron chi connectivity index (χ1n) is 4.13. The molecule has 2 N–H and O–H groups in total. The van der Waals surface area contributed by atoms with E-state index in [-0.39, 0.29) is 0 Å². The summed E-state index contributed by atoms with van der Waals surface area (Å²) in [5, 5.41) is 0. The number of Topliss-reactive ketones (excluding diaryl/α,β-unsaturated/α-hetero) is 1. The van der Waals surface area contributed by atoms with Crippen molar-refractivity contribution in [3.8, 4) is 0 Å². The molecule has 0 spiro atoms. The van der Waals surface area contributed by atoms with Crippen LogP contribution in [0.4, 0.5) is 0 Å². The van der Waals surface area contributed by atoms with E-state index in [0.717, 1.165) is 12.8 Å². The number of hydrogen-bond donors (Lipinski definition) is 1. The van der Waals surface area contributed by atoms with Crippen LogP contribution in [0.5, 0.6) is 0 Å². The van der Waals surface area contributed by atoms with Gasteiger partial charge in [-0.2, -0.15) is 0 Å². The molecular formula is C9H15NO. The molecule has 1 saturated carbocycles. The van der Waals surface area contributed by atoms with Crippen molar-refractivity contribution in [3.05, 3.63) is 12.7 Å². The summed E-state index contributed by atoms with van der Waals surface area (Å²) < 4.78 is 0. The van der Waals surface area contributed by atoms with Gasteiger partial charge in [0.05, 0.1) is 0 Å². The molecule has 0 aliphatic heterocycles. The van der Waals surface area contributed by atoms with Gasteiger partial charge in [-0.25, -0.2) is 0 Å². The number of carbonyl (C=O) groups is 1. The van der Waals surface area contributed by atoms with E-state index in [1.165, 1.54) is 0 Å². The summed E-state index contributed by atoms with van der Waals surface area (Å²) in [5.41, 5.74) is 5.42. The Kier molecular flexibility index (Phi) is 2.83. The summed E-state index contributed by atoms with van der Waals surface area (Å²) in [6.45, 7) is 4.25. The maximum atomic E-state index is 11.2. The highest BCUT2D eigenvalue weighted by atomic mass is 16.1. The van der Waals surface area contributed by atoms with Crippen molar-refractivity contribution in [2.75, 3.05) is 6.54 Å². The molecule has 2 unspecified atom stereocenters. The van der Waals surface area contributed by atoms with Gasteiger partial charge in [0.25, 0.3) is 0 Å². The molecule has 0 aromatic heterocycles. The molecule has 0 saturated heterocycles. The smallest absolute Gasteiger partial charge is 0.136 e. The van der Waals surface area contributed by atoms with Crippen LogP contribution in [0.25, 0.3) is 0 Å². The summed E-state index contributed by atoms with van der Waals surface area (Å²) in [5.74, 6) is 1.16. The van der Waals surface area contributed by atoms with Crippen molar-refractivity contribution in [1.29, 1.82) is 0 Å². The molecule has 0 bridgehead atoms. The second-order valence-corrected chi connectivity index (χ2v) is 3.13. The molecule has 0 amide bonds. The standard InChI is InChI=1S/C9H15NO/c1-2-3-4-9(11)8-5-7(8)6-10/h2,7-8H,1,3-6,10H2. The van der Waals surface area contributed by atoms with Crippen LogP contribution >= 0.6 is 0 Å². The average Bonchev–Trinajstić information content (AvgIpc) is 2.78. The van der Waals surface area contributed by atoms with Gasteiger partial charge in [0, 0.05) is 12.3 Å². The van der Waals surface area contributed by atoms with Crippen LogP contribution in [0.3, 0.4) is 0 Å². The summed E-state index contributed by atoms with van der Waals surface area (Å²) >= 11 is 0. The molecule has 0 aromatic rings. The zero-order valence-electron chi connectivity index (χ0n) is 6.75. The minimum atomic E-state index is 0.292. The summed E-state index contributed by atoms with van der Waals surface area (Å²) in [6.07, 6.45) is 4.28. The van der Waals surface area contributed by atoms with E-state index in [1.807, 2.05) is 0 Å². The molecule has 0 heterocycles. The van der Waals surface area contributed by atoms with Crippen molar-refractivity contribution < 1.29 is 4.79 Å². The summed E-state index contributed by atoms with van der Waals surface area (Å²) in [4.78, 5) is 11.2. The van der Waals surface area contributed by atoms with E-state index in [1.54, 1.807) is 6.08 Å². The Morgan fingerprint density at radius 2 is 2.45 bits per heavy atom. The molecule has 2 nitrogen and oxygen atoms in total. The third-order valence-electron chi connectivity index (χ3n) is 2.23. The second-order valence-electron chi connectivity index (χ2n) is 3.13. The minimum absolute atomic E-state index is 0.292. The summed E-state index contributed by atoms with van der Waals surface area (Å²) in [6, 6.07) is 0. The van der Waals surface area contributed by atoms with Gasteiger partial charge in [0.1, 0.15) is 5.78 Å². The van der Waals surface area contributed by atoms with Crippen molar-refractivity contribution in [2.24, 2.45) is 17.6 Å². The topological polar surface area (TPSA) is 43.1 Å². The third kappa shape index (κ3) is 2.15. The third-order valence-corrected chi connectivity index (χ3v) is 2.23. The number of rotatable bonds is 5. The highest BCUT2D eigenvalue weighted by molar-refractivity contribution is 5.83. The van der Waals surface area contributed by atoms with Crippen molar-refractivity contribution >= 4 is 5.78 Å². The van der Waals surface area contributed by atoms with Crippen LogP contribution in [0, 0.1) is 11.8 Å². The zero-order valence-corrected chi connectivity index (χ0v) is 6.75. The molecule has 2 atom stereocenters. The molecule has 1 rings (SSSR count). The van der Waals surface area contributed by atoms with Crippen LogP contribution in [0.15, 0.2) is 12.7 Å². The molecule has 62 valence electrons. The lowest BCUT2D eigenvalue weighted by molar-refractivity contribution is -0.120. The van der Waals surface area contributed by atoms with E-state index < -0.39 is 0 Å². The predicted molar refractivity (Wildman–Crippen MR) is 45.1 cm³/mol. The Morgan fingerprint density at radius 1 is 1.73 bits per heavy atom.